The standard InChI is InChI=1S/C15H13ClF3N3O/c1-8-10(7-20-22-8)13(23)21-14(4-5-14)11-6-9(15(17,18)19)2-3-12(11)16/h2-3,6-7H,4-5H2,1H3,(H,20,22)(H,21,23). The maximum absolute atomic E-state index is 12.9. The molecule has 2 aromatic rings. The highest BCUT2D eigenvalue weighted by atomic mass is 35.5. The van der Waals surface area contributed by atoms with Gasteiger partial charge < -0.3 is 5.32 Å². The molecule has 0 radical (unpaired) electrons. The van der Waals surface area contributed by atoms with Crippen LogP contribution in [0.1, 0.15) is 40.0 Å². The zero-order valence-electron chi connectivity index (χ0n) is 12.1. The van der Waals surface area contributed by atoms with E-state index in [0.29, 0.717) is 29.7 Å². The average molecular weight is 344 g/mol. The Kier molecular flexibility index (Phi) is 3.63. The van der Waals surface area contributed by atoms with Gasteiger partial charge in [-0.25, -0.2) is 0 Å². The molecular weight excluding hydrogens is 331 g/mol. The minimum Gasteiger partial charge on any atom is -0.342 e. The summed E-state index contributed by atoms with van der Waals surface area (Å²) in [5.74, 6) is -0.387. The fourth-order valence-corrected chi connectivity index (χ4v) is 2.82. The minimum atomic E-state index is -4.46. The first-order valence-electron chi connectivity index (χ1n) is 6.93. The van der Waals surface area contributed by atoms with E-state index in [0.717, 1.165) is 12.1 Å². The average Bonchev–Trinajstić information content (AvgIpc) is 3.10. The van der Waals surface area contributed by atoms with Crippen molar-refractivity contribution < 1.29 is 18.0 Å². The zero-order chi connectivity index (χ0) is 16.8. The number of hydrogen-bond donors (Lipinski definition) is 2. The van der Waals surface area contributed by atoms with Crippen LogP contribution < -0.4 is 5.32 Å². The third-order valence-electron chi connectivity index (χ3n) is 3.99. The summed E-state index contributed by atoms with van der Waals surface area (Å²) in [6, 6.07) is 3.16. The molecule has 2 N–H and O–H groups in total. The molecule has 1 saturated carbocycles. The summed E-state index contributed by atoms with van der Waals surface area (Å²) >= 11 is 6.07. The highest BCUT2D eigenvalue weighted by molar-refractivity contribution is 6.31. The monoisotopic (exact) mass is 343 g/mol. The molecule has 0 atom stereocenters. The Morgan fingerprint density at radius 2 is 2.09 bits per heavy atom. The Balaban J connectivity index is 1.92. The van der Waals surface area contributed by atoms with Crippen LogP contribution in [0, 0.1) is 6.92 Å². The van der Waals surface area contributed by atoms with E-state index >= 15 is 0 Å². The molecule has 1 fully saturated rings. The van der Waals surface area contributed by atoms with Gasteiger partial charge in [0.2, 0.25) is 0 Å². The number of rotatable bonds is 3. The second kappa shape index (κ2) is 5.26. The lowest BCUT2D eigenvalue weighted by molar-refractivity contribution is -0.137. The number of alkyl halides is 3. The van der Waals surface area contributed by atoms with Crippen molar-refractivity contribution in [2.45, 2.75) is 31.5 Å². The summed E-state index contributed by atoms with van der Waals surface area (Å²) in [6.07, 6.45) is -2.00. The van der Waals surface area contributed by atoms with Crippen molar-refractivity contribution in [2.24, 2.45) is 0 Å². The first-order valence-corrected chi connectivity index (χ1v) is 7.30. The number of H-pyrrole nitrogens is 1. The molecule has 1 amide bonds. The van der Waals surface area contributed by atoms with Crippen LogP contribution in [0.25, 0.3) is 0 Å². The maximum Gasteiger partial charge on any atom is 0.416 e. The number of aromatic amines is 1. The third-order valence-corrected chi connectivity index (χ3v) is 4.32. The van der Waals surface area contributed by atoms with Crippen molar-refractivity contribution in [1.29, 1.82) is 0 Å². The summed E-state index contributed by atoms with van der Waals surface area (Å²) in [5, 5.41) is 9.42. The van der Waals surface area contributed by atoms with E-state index in [-0.39, 0.29) is 10.9 Å². The summed E-state index contributed by atoms with van der Waals surface area (Å²) in [4.78, 5) is 12.3. The van der Waals surface area contributed by atoms with E-state index in [1.165, 1.54) is 12.3 Å². The van der Waals surface area contributed by atoms with Gasteiger partial charge in [0.05, 0.1) is 22.9 Å². The van der Waals surface area contributed by atoms with Gasteiger partial charge in [-0.3, -0.25) is 9.89 Å². The van der Waals surface area contributed by atoms with Crippen LogP contribution in [0.4, 0.5) is 13.2 Å². The van der Waals surface area contributed by atoms with E-state index < -0.39 is 17.3 Å². The molecule has 0 aliphatic heterocycles. The van der Waals surface area contributed by atoms with Crippen molar-refractivity contribution in [2.75, 3.05) is 0 Å². The van der Waals surface area contributed by atoms with Crippen LogP contribution in [-0.2, 0) is 11.7 Å². The maximum atomic E-state index is 12.9. The normalized spacial score (nSPS) is 16.2. The van der Waals surface area contributed by atoms with Gasteiger partial charge in [0.1, 0.15) is 0 Å². The number of hydrogen-bond acceptors (Lipinski definition) is 2. The predicted molar refractivity (Wildman–Crippen MR) is 78.2 cm³/mol. The van der Waals surface area contributed by atoms with Crippen molar-refractivity contribution in [1.82, 2.24) is 15.5 Å². The van der Waals surface area contributed by atoms with Crippen LogP contribution in [0.2, 0.25) is 5.02 Å². The quantitative estimate of drug-likeness (QED) is 0.890. The lowest BCUT2D eigenvalue weighted by atomic mass is 10.0. The Bertz CT molecular complexity index is 766. The predicted octanol–water partition coefficient (Wildman–Crippen LogP) is 3.81. The van der Waals surface area contributed by atoms with Gasteiger partial charge in [-0.2, -0.15) is 18.3 Å². The molecule has 0 unspecified atom stereocenters. The molecule has 1 aliphatic rings. The smallest absolute Gasteiger partial charge is 0.342 e. The third kappa shape index (κ3) is 2.93. The molecule has 0 saturated heterocycles. The SMILES string of the molecule is Cc1[nH]ncc1C(=O)NC1(c2cc(C(F)(F)F)ccc2Cl)CC1. The van der Waals surface area contributed by atoms with Crippen LogP contribution in [-0.4, -0.2) is 16.1 Å². The van der Waals surface area contributed by atoms with Gasteiger partial charge in [-0.15, -0.1) is 0 Å². The van der Waals surface area contributed by atoms with Crippen molar-refractivity contribution in [3.63, 3.8) is 0 Å². The summed E-state index contributed by atoms with van der Waals surface area (Å²) < 4.78 is 38.7. The van der Waals surface area contributed by atoms with Gasteiger partial charge >= 0.3 is 6.18 Å². The number of amides is 1. The Hall–Kier alpha value is -2.02. The number of nitrogens with zero attached hydrogens (tertiary/aromatic N) is 1. The van der Waals surface area contributed by atoms with E-state index in [9.17, 15) is 18.0 Å². The number of carbonyl (C=O) groups excluding carboxylic acids is 1. The Morgan fingerprint density at radius 3 is 2.61 bits per heavy atom. The topological polar surface area (TPSA) is 57.8 Å². The first kappa shape index (κ1) is 15.9. The number of halogens is 4. The lowest BCUT2D eigenvalue weighted by Crippen LogP contribution is -2.35. The van der Waals surface area contributed by atoms with E-state index in [1.54, 1.807) is 6.92 Å². The second-order valence-corrected chi connectivity index (χ2v) is 6.04. The van der Waals surface area contributed by atoms with Gasteiger partial charge in [0.25, 0.3) is 5.91 Å². The molecule has 4 nitrogen and oxygen atoms in total. The summed E-state index contributed by atoms with van der Waals surface area (Å²) in [6.45, 7) is 1.69. The number of carbonyl (C=O) groups is 1. The lowest BCUT2D eigenvalue weighted by Gasteiger charge is -2.20. The largest absolute Gasteiger partial charge is 0.416 e. The fraction of sp³-hybridized carbons (Fsp3) is 0.333. The molecule has 0 spiro atoms. The molecule has 1 aromatic heterocycles. The molecule has 0 bridgehead atoms. The zero-order valence-corrected chi connectivity index (χ0v) is 12.8. The number of aryl methyl sites for hydroxylation is 1. The number of nitrogens with one attached hydrogen (secondary N) is 2. The first-order chi connectivity index (χ1) is 10.7. The molecular formula is C15H13ClF3N3O. The fourth-order valence-electron chi connectivity index (χ4n) is 2.52. The molecule has 3 rings (SSSR count). The summed E-state index contributed by atoms with van der Waals surface area (Å²) in [5.41, 5.74) is -0.382. The van der Waals surface area contributed by atoms with Crippen molar-refractivity contribution >= 4 is 17.5 Å². The van der Waals surface area contributed by atoms with Crippen molar-refractivity contribution in [3.8, 4) is 0 Å². The Morgan fingerprint density at radius 1 is 1.39 bits per heavy atom. The van der Waals surface area contributed by atoms with Gasteiger partial charge in [-0.05, 0) is 43.5 Å². The molecule has 1 heterocycles. The molecule has 23 heavy (non-hydrogen) atoms. The van der Waals surface area contributed by atoms with Crippen LogP contribution in [0.5, 0.6) is 0 Å². The van der Waals surface area contributed by atoms with E-state index in [4.69, 9.17) is 11.6 Å². The van der Waals surface area contributed by atoms with Crippen LogP contribution in [0.3, 0.4) is 0 Å². The highest BCUT2D eigenvalue weighted by Gasteiger charge is 2.48. The van der Waals surface area contributed by atoms with E-state index in [1.807, 2.05) is 0 Å². The second-order valence-electron chi connectivity index (χ2n) is 5.64. The molecule has 1 aliphatic carbocycles. The Labute approximate surface area is 135 Å². The number of benzene rings is 1. The summed E-state index contributed by atoms with van der Waals surface area (Å²) in [7, 11) is 0. The highest BCUT2D eigenvalue weighted by Crippen LogP contribution is 2.49. The van der Waals surface area contributed by atoms with Crippen LogP contribution >= 0.6 is 11.6 Å². The minimum absolute atomic E-state index is 0.208. The molecule has 122 valence electrons. The van der Waals surface area contributed by atoms with Gasteiger partial charge in [-0.1, -0.05) is 11.6 Å². The molecule has 8 heteroatoms. The number of aromatic nitrogens is 2. The van der Waals surface area contributed by atoms with E-state index in [2.05, 4.69) is 15.5 Å². The molecule has 1 aromatic carbocycles. The van der Waals surface area contributed by atoms with Gasteiger partial charge in [0.15, 0.2) is 0 Å². The van der Waals surface area contributed by atoms with Crippen molar-refractivity contribution in [3.05, 3.63) is 51.8 Å². The van der Waals surface area contributed by atoms with Crippen LogP contribution in [0.15, 0.2) is 24.4 Å². The van der Waals surface area contributed by atoms with Gasteiger partial charge in [0, 0.05) is 10.7 Å².